The molecule has 0 fully saturated rings. The first-order valence-corrected chi connectivity index (χ1v) is 14.8. The van der Waals surface area contributed by atoms with Crippen LogP contribution in [0.3, 0.4) is 0 Å². The van der Waals surface area contributed by atoms with Crippen LogP contribution in [-0.2, 0) is 0 Å². The van der Waals surface area contributed by atoms with Gasteiger partial charge in [-0.3, -0.25) is 4.99 Å². The molecular formula is C38H48N2. The number of para-hydroxylation sites is 1. The first kappa shape index (κ1) is 30.9. The summed E-state index contributed by atoms with van der Waals surface area (Å²) in [6.07, 6.45) is 10.8. The molecule has 0 saturated heterocycles. The molecule has 0 aliphatic carbocycles. The van der Waals surface area contributed by atoms with Gasteiger partial charge in [0.2, 0.25) is 0 Å². The van der Waals surface area contributed by atoms with Crippen molar-refractivity contribution in [1.29, 1.82) is 0 Å². The molecule has 0 amide bonds. The minimum absolute atomic E-state index is 0.598. The van der Waals surface area contributed by atoms with Crippen LogP contribution in [0.1, 0.15) is 78.5 Å². The molecule has 2 nitrogen and oxygen atoms in total. The van der Waals surface area contributed by atoms with Gasteiger partial charge < -0.3 is 4.90 Å². The van der Waals surface area contributed by atoms with Gasteiger partial charge in [0, 0.05) is 36.7 Å². The summed E-state index contributed by atoms with van der Waals surface area (Å²) in [6.45, 7) is 23.1. The zero-order valence-corrected chi connectivity index (χ0v) is 25.8. The SMILES string of the molecule is C=C/C=C(/C(=C)c1c(C)cc(C)cc1C)c1ccccc1N(CC(CC)CCCC)c1ccc(C=NC)cc1C. The molecule has 40 heavy (non-hydrogen) atoms. The molecule has 0 aromatic heterocycles. The molecule has 1 unspecified atom stereocenters. The number of anilines is 2. The van der Waals surface area contributed by atoms with E-state index in [9.17, 15) is 0 Å². The normalized spacial score (nSPS) is 12.5. The van der Waals surface area contributed by atoms with Crippen LogP contribution in [0.5, 0.6) is 0 Å². The van der Waals surface area contributed by atoms with E-state index in [4.69, 9.17) is 0 Å². The van der Waals surface area contributed by atoms with Crippen molar-refractivity contribution in [3.8, 4) is 0 Å². The molecule has 0 heterocycles. The van der Waals surface area contributed by atoms with Crippen molar-refractivity contribution in [1.82, 2.24) is 0 Å². The van der Waals surface area contributed by atoms with Crippen LogP contribution in [0, 0.1) is 33.6 Å². The second kappa shape index (κ2) is 14.7. The van der Waals surface area contributed by atoms with Gasteiger partial charge in [0.05, 0.1) is 0 Å². The van der Waals surface area contributed by atoms with E-state index >= 15 is 0 Å². The second-order valence-electron chi connectivity index (χ2n) is 11.0. The van der Waals surface area contributed by atoms with Gasteiger partial charge in [0.25, 0.3) is 0 Å². The number of unbranched alkanes of at least 4 members (excludes halogenated alkanes) is 1. The van der Waals surface area contributed by atoms with Crippen molar-refractivity contribution in [2.45, 2.75) is 67.2 Å². The maximum absolute atomic E-state index is 4.66. The lowest BCUT2D eigenvalue weighted by Crippen LogP contribution is -2.26. The predicted octanol–water partition coefficient (Wildman–Crippen LogP) is 10.6. The van der Waals surface area contributed by atoms with Crippen molar-refractivity contribution in [2.75, 3.05) is 18.5 Å². The molecule has 0 aliphatic rings. The smallest absolute Gasteiger partial charge is 0.0490 e. The van der Waals surface area contributed by atoms with Gasteiger partial charge in [-0.1, -0.05) is 100 Å². The highest BCUT2D eigenvalue weighted by molar-refractivity contribution is 6.08. The summed E-state index contributed by atoms with van der Waals surface area (Å²) in [5.74, 6) is 0.598. The van der Waals surface area contributed by atoms with E-state index in [0.717, 1.165) is 29.7 Å². The quantitative estimate of drug-likeness (QED) is 0.158. The number of rotatable bonds is 13. The fraction of sp³-hybridized carbons (Fsp3) is 0.342. The third-order valence-corrected chi connectivity index (χ3v) is 7.85. The minimum atomic E-state index is 0.598. The van der Waals surface area contributed by atoms with Gasteiger partial charge in [-0.05, 0) is 97.2 Å². The number of hydrogen-bond donors (Lipinski definition) is 0. The number of aryl methyl sites for hydroxylation is 4. The van der Waals surface area contributed by atoms with Gasteiger partial charge in [0.1, 0.15) is 0 Å². The summed E-state index contributed by atoms with van der Waals surface area (Å²) in [5.41, 5.74) is 13.1. The predicted molar refractivity (Wildman–Crippen MR) is 179 cm³/mol. The van der Waals surface area contributed by atoms with E-state index in [2.05, 4.69) is 125 Å². The van der Waals surface area contributed by atoms with Gasteiger partial charge in [-0.15, -0.1) is 0 Å². The summed E-state index contributed by atoms with van der Waals surface area (Å²) in [5, 5.41) is 0. The highest BCUT2D eigenvalue weighted by Gasteiger charge is 2.22. The van der Waals surface area contributed by atoms with E-state index in [1.807, 2.05) is 19.3 Å². The van der Waals surface area contributed by atoms with Crippen molar-refractivity contribution in [3.63, 3.8) is 0 Å². The third kappa shape index (κ3) is 7.30. The van der Waals surface area contributed by atoms with E-state index in [1.165, 1.54) is 64.0 Å². The third-order valence-electron chi connectivity index (χ3n) is 7.85. The largest absolute Gasteiger partial charge is 0.340 e. The topological polar surface area (TPSA) is 15.6 Å². The average molecular weight is 533 g/mol. The molecule has 2 heteroatoms. The van der Waals surface area contributed by atoms with E-state index < -0.39 is 0 Å². The first-order valence-electron chi connectivity index (χ1n) is 14.8. The zero-order chi connectivity index (χ0) is 29.2. The molecule has 0 saturated carbocycles. The molecule has 0 spiro atoms. The molecule has 0 aliphatic heterocycles. The Labute approximate surface area is 243 Å². The lowest BCUT2D eigenvalue weighted by atomic mass is 9.86. The Balaban J connectivity index is 2.22. The molecule has 3 rings (SSSR count). The molecule has 1 atom stereocenters. The second-order valence-corrected chi connectivity index (χ2v) is 11.0. The maximum Gasteiger partial charge on any atom is 0.0490 e. The fourth-order valence-electron chi connectivity index (χ4n) is 5.91. The first-order chi connectivity index (χ1) is 19.2. The Bertz CT molecular complexity index is 1370. The lowest BCUT2D eigenvalue weighted by molar-refractivity contribution is 0.458. The van der Waals surface area contributed by atoms with E-state index in [1.54, 1.807) is 0 Å². The monoisotopic (exact) mass is 532 g/mol. The van der Waals surface area contributed by atoms with Crippen molar-refractivity contribution < 1.29 is 0 Å². The Morgan fingerprint density at radius 2 is 1.62 bits per heavy atom. The van der Waals surface area contributed by atoms with Crippen LogP contribution >= 0.6 is 0 Å². The Morgan fingerprint density at radius 1 is 0.925 bits per heavy atom. The molecule has 3 aromatic carbocycles. The van der Waals surface area contributed by atoms with Crippen molar-refractivity contribution in [3.05, 3.63) is 119 Å². The molecule has 0 radical (unpaired) electrons. The van der Waals surface area contributed by atoms with E-state index in [0.29, 0.717) is 5.92 Å². The number of benzene rings is 3. The maximum atomic E-state index is 4.66. The van der Waals surface area contributed by atoms with Crippen molar-refractivity contribution in [2.24, 2.45) is 10.9 Å². The highest BCUT2D eigenvalue weighted by atomic mass is 15.1. The van der Waals surface area contributed by atoms with Gasteiger partial charge in [0.15, 0.2) is 0 Å². The summed E-state index contributed by atoms with van der Waals surface area (Å²) < 4.78 is 0. The Kier molecular flexibility index (Phi) is 11.3. The number of nitrogens with zero attached hydrogens (tertiary/aromatic N) is 2. The average Bonchev–Trinajstić information content (AvgIpc) is 2.92. The van der Waals surface area contributed by atoms with Crippen molar-refractivity contribution >= 4 is 28.7 Å². The molecule has 0 bridgehead atoms. The van der Waals surface area contributed by atoms with E-state index in [-0.39, 0.29) is 0 Å². The fourth-order valence-corrected chi connectivity index (χ4v) is 5.91. The summed E-state index contributed by atoms with van der Waals surface area (Å²) >= 11 is 0. The molecular weight excluding hydrogens is 484 g/mol. The summed E-state index contributed by atoms with van der Waals surface area (Å²) in [4.78, 5) is 6.78. The van der Waals surface area contributed by atoms with Gasteiger partial charge in [-0.25, -0.2) is 0 Å². The summed E-state index contributed by atoms with van der Waals surface area (Å²) in [6, 6.07) is 20.0. The molecule has 0 N–H and O–H groups in total. The molecule has 3 aromatic rings. The van der Waals surface area contributed by atoms with Crippen LogP contribution in [0.2, 0.25) is 0 Å². The standard InChI is InChI=1S/C38H48N2/c1-10-13-17-32(12-3)26-40(36-21-20-33(25-39-9)24-28(36)5)37-19-15-14-18-35(37)34(16-11-2)31(8)38-29(6)22-27(4)23-30(38)7/h11,14-16,18-25,32H,2,8,10,12-13,17,26H2,1,3-7,9H3/b34-16-,39-25?. The minimum Gasteiger partial charge on any atom is -0.340 e. The van der Waals surface area contributed by atoms with Crippen LogP contribution in [-0.4, -0.2) is 19.8 Å². The Morgan fingerprint density at radius 3 is 2.23 bits per heavy atom. The van der Waals surface area contributed by atoms with Crippen LogP contribution in [0.25, 0.3) is 11.1 Å². The summed E-state index contributed by atoms with van der Waals surface area (Å²) in [7, 11) is 1.82. The van der Waals surface area contributed by atoms with Crippen LogP contribution in [0.4, 0.5) is 11.4 Å². The number of hydrogen-bond acceptors (Lipinski definition) is 2. The number of aliphatic imine (C=N–C) groups is 1. The van der Waals surface area contributed by atoms with Gasteiger partial charge in [-0.2, -0.15) is 0 Å². The lowest BCUT2D eigenvalue weighted by Gasteiger charge is -2.33. The highest BCUT2D eigenvalue weighted by Crippen LogP contribution is 2.41. The van der Waals surface area contributed by atoms with Crippen LogP contribution in [0.15, 0.2) is 84.9 Å². The van der Waals surface area contributed by atoms with Crippen LogP contribution < -0.4 is 4.90 Å². The molecule has 210 valence electrons. The number of allylic oxidation sites excluding steroid dienone is 4. The van der Waals surface area contributed by atoms with Gasteiger partial charge >= 0.3 is 0 Å². The zero-order valence-electron chi connectivity index (χ0n) is 25.8. The Hall–Kier alpha value is -3.65.